The van der Waals surface area contributed by atoms with Gasteiger partial charge >= 0.3 is 0 Å². The first-order valence-corrected chi connectivity index (χ1v) is 10.6. The highest BCUT2D eigenvalue weighted by atomic mass is 16.5. The van der Waals surface area contributed by atoms with E-state index in [0.29, 0.717) is 23.8 Å². The first-order chi connectivity index (χ1) is 16.2. The maximum Gasteiger partial charge on any atom is 0.244 e. The molecule has 0 aliphatic carbocycles. The number of fused-ring (bicyclic) bond motifs is 2. The molecule has 1 unspecified atom stereocenters. The minimum Gasteiger partial charge on any atom is -0.496 e. The van der Waals surface area contributed by atoms with Crippen LogP contribution in [0.25, 0.3) is 22.0 Å². The van der Waals surface area contributed by atoms with E-state index in [1.54, 1.807) is 7.11 Å². The Bertz CT molecular complexity index is 1430. The van der Waals surface area contributed by atoms with Gasteiger partial charge in [-0.15, -0.1) is 5.10 Å². The van der Waals surface area contributed by atoms with Crippen molar-refractivity contribution in [3.63, 3.8) is 0 Å². The monoisotopic (exact) mass is 438 g/mol. The Morgan fingerprint density at radius 3 is 2.76 bits per heavy atom. The third-order valence-electron chi connectivity index (χ3n) is 5.81. The second-order valence-electron chi connectivity index (χ2n) is 7.61. The van der Waals surface area contributed by atoms with Crippen LogP contribution in [0.5, 0.6) is 17.4 Å². The number of allylic oxidation sites excluding steroid dienone is 1. The number of benzene rings is 3. The van der Waals surface area contributed by atoms with E-state index in [0.717, 1.165) is 38.9 Å². The number of aromatic nitrogens is 2. The number of methoxy groups -OCH3 is 1. The molecule has 0 saturated heterocycles. The third-order valence-corrected chi connectivity index (χ3v) is 5.81. The van der Waals surface area contributed by atoms with Gasteiger partial charge in [-0.05, 0) is 35.9 Å². The zero-order valence-corrected chi connectivity index (χ0v) is 18.3. The number of rotatable bonds is 5. The average Bonchev–Trinajstić information content (AvgIpc) is 3.26. The van der Waals surface area contributed by atoms with Crippen molar-refractivity contribution < 1.29 is 14.2 Å². The maximum atomic E-state index is 10.1. The molecule has 1 aliphatic rings. The summed E-state index contributed by atoms with van der Waals surface area (Å²) in [5, 5.41) is 19.6. The molecule has 4 aromatic rings. The number of nitrogens with two attached hydrogens (primary N) is 1. The standard InChI is InChI=1S/C26H22N4O3/c1-3-32-17-9-6-8-16(13-17)24-23-22(19(14-27)25(28)33-26(23)30-29-24)21-18-10-5-4-7-15(18)11-12-20(21)31-2/h4-13,22H,3,28H2,1-2H3,(H,29,30). The van der Waals surface area contributed by atoms with Gasteiger partial charge in [0.15, 0.2) is 0 Å². The van der Waals surface area contributed by atoms with Gasteiger partial charge < -0.3 is 19.9 Å². The topological polar surface area (TPSA) is 106 Å². The normalized spacial score (nSPS) is 15.0. The van der Waals surface area contributed by atoms with E-state index in [1.165, 1.54) is 0 Å². The Balaban J connectivity index is 1.81. The lowest BCUT2D eigenvalue weighted by atomic mass is 9.80. The van der Waals surface area contributed by atoms with Crippen molar-refractivity contribution >= 4 is 10.8 Å². The van der Waals surface area contributed by atoms with E-state index in [1.807, 2.05) is 67.6 Å². The predicted octanol–water partition coefficient (Wildman–Crippen LogP) is 4.86. The number of hydrogen-bond acceptors (Lipinski definition) is 6. The molecule has 0 saturated carbocycles. The van der Waals surface area contributed by atoms with Gasteiger partial charge in [-0.1, -0.05) is 42.5 Å². The fraction of sp³-hybridized carbons (Fsp3) is 0.154. The van der Waals surface area contributed by atoms with Gasteiger partial charge in [0.05, 0.1) is 30.9 Å². The van der Waals surface area contributed by atoms with Crippen LogP contribution in [0.2, 0.25) is 0 Å². The molecular weight excluding hydrogens is 416 g/mol. The minimum absolute atomic E-state index is 0.0334. The molecule has 3 aromatic carbocycles. The van der Waals surface area contributed by atoms with E-state index in [-0.39, 0.29) is 5.88 Å². The van der Waals surface area contributed by atoms with Crippen molar-refractivity contribution in [1.82, 2.24) is 10.2 Å². The third kappa shape index (κ3) is 3.33. The molecule has 2 heterocycles. The summed E-state index contributed by atoms with van der Waals surface area (Å²) in [6, 6.07) is 21.9. The summed E-state index contributed by atoms with van der Waals surface area (Å²) in [6.07, 6.45) is 0. The van der Waals surface area contributed by atoms with Crippen molar-refractivity contribution in [3.05, 3.63) is 83.2 Å². The van der Waals surface area contributed by atoms with E-state index in [4.69, 9.17) is 19.9 Å². The highest BCUT2D eigenvalue weighted by Gasteiger charge is 2.38. The molecule has 7 nitrogen and oxygen atoms in total. The molecule has 1 atom stereocenters. The lowest BCUT2D eigenvalue weighted by Gasteiger charge is -2.26. The van der Waals surface area contributed by atoms with Gasteiger partial charge in [0.2, 0.25) is 11.8 Å². The summed E-state index contributed by atoms with van der Waals surface area (Å²) < 4.78 is 17.2. The van der Waals surface area contributed by atoms with Crippen LogP contribution in [0.4, 0.5) is 0 Å². The number of nitrogens with one attached hydrogen (secondary N) is 1. The van der Waals surface area contributed by atoms with Gasteiger partial charge in [0.1, 0.15) is 23.1 Å². The zero-order valence-electron chi connectivity index (χ0n) is 18.3. The maximum absolute atomic E-state index is 10.1. The molecule has 0 bridgehead atoms. The first-order valence-electron chi connectivity index (χ1n) is 10.6. The number of hydrogen-bond donors (Lipinski definition) is 2. The van der Waals surface area contributed by atoms with Crippen molar-refractivity contribution in [2.45, 2.75) is 12.8 Å². The molecule has 1 aromatic heterocycles. The average molecular weight is 438 g/mol. The summed E-state index contributed by atoms with van der Waals surface area (Å²) in [7, 11) is 1.62. The smallest absolute Gasteiger partial charge is 0.244 e. The Morgan fingerprint density at radius 1 is 1.12 bits per heavy atom. The Kier molecular flexibility index (Phi) is 5.11. The fourth-order valence-corrected chi connectivity index (χ4v) is 4.41. The van der Waals surface area contributed by atoms with Gasteiger partial charge in [-0.25, -0.2) is 0 Å². The Morgan fingerprint density at radius 2 is 1.97 bits per heavy atom. The minimum atomic E-state index is -0.538. The van der Waals surface area contributed by atoms with E-state index in [2.05, 4.69) is 16.3 Å². The molecule has 33 heavy (non-hydrogen) atoms. The van der Waals surface area contributed by atoms with Crippen LogP contribution in [0.15, 0.2) is 72.1 Å². The largest absolute Gasteiger partial charge is 0.496 e. The van der Waals surface area contributed by atoms with Gasteiger partial charge in [-0.3, -0.25) is 5.10 Å². The van der Waals surface area contributed by atoms with E-state index < -0.39 is 5.92 Å². The molecule has 3 N–H and O–H groups in total. The van der Waals surface area contributed by atoms with Crippen LogP contribution in [0.1, 0.15) is 24.0 Å². The SMILES string of the molecule is CCOc1cccc(-c2[nH]nc3c2C(c2c(OC)ccc4ccccc24)C(C#N)=C(N)O3)c1. The van der Waals surface area contributed by atoms with Crippen LogP contribution in [0.3, 0.4) is 0 Å². The van der Waals surface area contributed by atoms with Gasteiger partial charge in [0.25, 0.3) is 0 Å². The summed E-state index contributed by atoms with van der Waals surface area (Å²) >= 11 is 0. The molecule has 5 rings (SSSR count). The lowest BCUT2D eigenvalue weighted by molar-refractivity contribution is 0.340. The Hall–Kier alpha value is -4.44. The van der Waals surface area contributed by atoms with Gasteiger partial charge in [0, 0.05) is 11.1 Å². The summed E-state index contributed by atoms with van der Waals surface area (Å²) in [5.41, 5.74) is 9.66. The van der Waals surface area contributed by atoms with Crippen LogP contribution in [-0.4, -0.2) is 23.9 Å². The molecule has 1 aliphatic heterocycles. The predicted molar refractivity (Wildman–Crippen MR) is 125 cm³/mol. The fourth-order valence-electron chi connectivity index (χ4n) is 4.41. The summed E-state index contributed by atoms with van der Waals surface area (Å²) in [4.78, 5) is 0. The van der Waals surface area contributed by atoms with Crippen molar-refractivity contribution in [1.29, 1.82) is 5.26 Å². The van der Waals surface area contributed by atoms with Crippen LogP contribution >= 0.6 is 0 Å². The van der Waals surface area contributed by atoms with E-state index in [9.17, 15) is 5.26 Å². The number of nitrogens with zero attached hydrogens (tertiary/aromatic N) is 2. The molecule has 0 fully saturated rings. The number of nitriles is 1. The Labute approximate surface area is 191 Å². The lowest BCUT2D eigenvalue weighted by Crippen LogP contribution is -2.21. The molecule has 164 valence electrons. The highest BCUT2D eigenvalue weighted by Crippen LogP contribution is 2.50. The zero-order chi connectivity index (χ0) is 22.9. The quantitative estimate of drug-likeness (QED) is 0.461. The van der Waals surface area contributed by atoms with Gasteiger partial charge in [-0.2, -0.15) is 5.26 Å². The summed E-state index contributed by atoms with van der Waals surface area (Å²) in [5.74, 6) is 1.23. The molecular formula is C26H22N4O3. The summed E-state index contributed by atoms with van der Waals surface area (Å²) in [6.45, 7) is 2.50. The van der Waals surface area contributed by atoms with Crippen LogP contribution < -0.4 is 19.9 Å². The second-order valence-corrected chi connectivity index (χ2v) is 7.61. The first kappa shape index (κ1) is 20.5. The second kappa shape index (κ2) is 8.24. The number of ether oxygens (including phenoxy) is 3. The van der Waals surface area contributed by atoms with E-state index >= 15 is 0 Å². The van der Waals surface area contributed by atoms with Crippen molar-refractivity contribution in [2.75, 3.05) is 13.7 Å². The molecule has 0 radical (unpaired) electrons. The number of H-pyrrole nitrogens is 1. The van der Waals surface area contributed by atoms with Crippen molar-refractivity contribution in [3.8, 4) is 34.7 Å². The van der Waals surface area contributed by atoms with Crippen molar-refractivity contribution in [2.24, 2.45) is 5.73 Å². The highest BCUT2D eigenvalue weighted by molar-refractivity contribution is 5.90. The van der Waals surface area contributed by atoms with Crippen LogP contribution in [-0.2, 0) is 0 Å². The molecule has 7 heteroatoms. The van der Waals surface area contributed by atoms with Crippen LogP contribution in [0, 0.1) is 11.3 Å². The molecule has 0 amide bonds. The molecule has 0 spiro atoms. The number of aromatic amines is 1.